The number of rotatable bonds is 10. The Bertz CT molecular complexity index is 197. The normalized spacial score (nSPS) is 14.7. The maximum Gasteiger partial charge on any atom is 0.323 e. The van der Waals surface area contributed by atoms with Gasteiger partial charge in [0.15, 0.2) is 0 Å². The van der Waals surface area contributed by atoms with Gasteiger partial charge in [-0.25, -0.2) is 0 Å². The largest absolute Gasteiger partial charge is 0.480 e. The first-order chi connectivity index (χ1) is 7.56. The van der Waals surface area contributed by atoms with Crippen molar-refractivity contribution in [3.63, 3.8) is 0 Å². The summed E-state index contributed by atoms with van der Waals surface area (Å²) in [5.74, 6) is -0.778. The highest BCUT2D eigenvalue weighted by Crippen LogP contribution is 2.15. The van der Waals surface area contributed by atoms with Crippen LogP contribution in [0.5, 0.6) is 0 Å². The van der Waals surface area contributed by atoms with E-state index in [1.54, 1.807) is 14.0 Å². The summed E-state index contributed by atoms with van der Waals surface area (Å²) < 4.78 is 4.90. The Morgan fingerprint density at radius 1 is 1.38 bits per heavy atom. The molecule has 0 heterocycles. The molecule has 0 aliphatic carbocycles. The standard InChI is InChI=1S/C12H25NO3/c1-4-5-6-7-8-12(2,11(14)15)13-9-10-16-3/h13H,4-10H2,1-3H3,(H,14,15). The van der Waals surface area contributed by atoms with Crippen molar-refractivity contribution in [3.8, 4) is 0 Å². The second-order valence-electron chi connectivity index (χ2n) is 4.37. The summed E-state index contributed by atoms with van der Waals surface area (Å²) in [7, 11) is 1.61. The second kappa shape index (κ2) is 8.53. The SMILES string of the molecule is CCCCCCC(C)(NCCOC)C(=O)O. The van der Waals surface area contributed by atoms with Gasteiger partial charge in [0.2, 0.25) is 0 Å². The molecule has 2 N–H and O–H groups in total. The van der Waals surface area contributed by atoms with Gasteiger partial charge >= 0.3 is 5.97 Å². The van der Waals surface area contributed by atoms with Crippen molar-refractivity contribution in [2.24, 2.45) is 0 Å². The maximum absolute atomic E-state index is 11.2. The molecule has 0 amide bonds. The predicted octanol–water partition coefficient (Wildman–Crippen LogP) is 2.04. The summed E-state index contributed by atoms with van der Waals surface area (Å²) in [5.41, 5.74) is -0.813. The van der Waals surface area contributed by atoms with Crippen LogP contribution >= 0.6 is 0 Å². The quantitative estimate of drug-likeness (QED) is 0.565. The lowest BCUT2D eigenvalue weighted by Crippen LogP contribution is -2.50. The van der Waals surface area contributed by atoms with Crippen LogP contribution in [-0.2, 0) is 9.53 Å². The molecule has 0 aliphatic heterocycles. The van der Waals surface area contributed by atoms with Gasteiger partial charge in [0.25, 0.3) is 0 Å². The molecule has 0 saturated heterocycles. The molecular weight excluding hydrogens is 206 g/mol. The van der Waals surface area contributed by atoms with Crippen LogP contribution in [0.3, 0.4) is 0 Å². The van der Waals surface area contributed by atoms with Gasteiger partial charge in [-0.3, -0.25) is 10.1 Å². The minimum absolute atomic E-state index is 0.540. The van der Waals surface area contributed by atoms with E-state index in [2.05, 4.69) is 12.2 Å². The third-order valence-electron chi connectivity index (χ3n) is 2.82. The number of nitrogens with one attached hydrogen (secondary N) is 1. The van der Waals surface area contributed by atoms with Gasteiger partial charge in [0.05, 0.1) is 6.61 Å². The van der Waals surface area contributed by atoms with Crippen molar-refractivity contribution in [2.75, 3.05) is 20.3 Å². The lowest BCUT2D eigenvalue weighted by Gasteiger charge is -2.26. The third-order valence-corrected chi connectivity index (χ3v) is 2.82. The predicted molar refractivity (Wildman–Crippen MR) is 64.7 cm³/mol. The van der Waals surface area contributed by atoms with E-state index in [9.17, 15) is 9.90 Å². The van der Waals surface area contributed by atoms with Crippen molar-refractivity contribution >= 4 is 5.97 Å². The van der Waals surface area contributed by atoms with E-state index >= 15 is 0 Å². The van der Waals surface area contributed by atoms with Crippen molar-refractivity contribution in [1.82, 2.24) is 5.32 Å². The number of hydrogen-bond donors (Lipinski definition) is 2. The van der Waals surface area contributed by atoms with Crippen molar-refractivity contribution in [2.45, 2.75) is 51.5 Å². The molecule has 0 aromatic heterocycles. The van der Waals surface area contributed by atoms with Gasteiger partial charge in [-0.1, -0.05) is 32.6 Å². The zero-order valence-corrected chi connectivity index (χ0v) is 10.7. The Morgan fingerprint density at radius 2 is 2.06 bits per heavy atom. The topological polar surface area (TPSA) is 58.6 Å². The number of ether oxygens (including phenoxy) is 1. The molecule has 16 heavy (non-hydrogen) atoms. The first-order valence-corrected chi connectivity index (χ1v) is 6.04. The number of hydrogen-bond acceptors (Lipinski definition) is 3. The summed E-state index contributed by atoms with van der Waals surface area (Å²) >= 11 is 0. The number of unbranched alkanes of at least 4 members (excludes halogenated alkanes) is 3. The Kier molecular flexibility index (Phi) is 8.21. The van der Waals surface area contributed by atoms with Crippen LogP contribution in [0.25, 0.3) is 0 Å². The summed E-state index contributed by atoms with van der Waals surface area (Å²) in [4.78, 5) is 11.2. The third kappa shape index (κ3) is 6.08. The molecule has 0 rings (SSSR count). The van der Waals surface area contributed by atoms with Gasteiger partial charge in [0, 0.05) is 13.7 Å². The molecule has 1 unspecified atom stereocenters. The van der Waals surface area contributed by atoms with Crippen LogP contribution in [0.2, 0.25) is 0 Å². The molecule has 96 valence electrons. The van der Waals surface area contributed by atoms with Gasteiger partial charge < -0.3 is 9.84 Å². The Morgan fingerprint density at radius 3 is 2.56 bits per heavy atom. The lowest BCUT2D eigenvalue weighted by atomic mass is 9.94. The van der Waals surface area contributed by atoms with Crippen LogP contribution in [0.15, 0.2) is 0 Å². The molecule has 4 heteroatoms. The molecule has 0 fully saturated rings. The molecular formula is C12H25NO3. The van der Waals surface area contributed by atoms with Crippen molar-refractivity contribution in [3.05, 3.63) is 0 Å². The van der Waals surface area contributed by atoms with Crippen LogP contribution in [0, 0.1) is 0 Å². The average Bonchev–Trinajstić information content (AvgIpc) is 2.25. The molecule has 4 nitrogen and oxygen atoms in total. The number of carboxylic acids is 1. The highest BCUT2D eigenvalue weighted by molar-refractivity contribution is 5.78. The molecule has 0 saturated carbocycles. The lowest BCUT2D eigenvalue weighted by molar-refractivity contribution is -0.144. The Balaban J connectivity index is 3.96. The molecule has 0 aliphatic rings. The Labute approximate surface area is 98.4 Å². The zero-order chi connectivity index (χ0) is 12.4. The van der Waals surface area contributed by atoms with Gasteiger partial charge in [-0.05, 0) is 13.3 Å². The molecule has 0 radical (unpaired) electrons. The molecule has 0 aromatic carbocycles. The monoisotopic (exact) mass is 231 g/mol. The molecule has 1 atom stereocenters. The fraction of sp³-hybridized carbons (Fsp3) is 0.917. The fourth-order valence-electron chi connectivity index (χ4n) is 1.61. The van der Waals surface area contributed by atoms with Crippen molar-refractivity contribution in [1.29, 1.82) is 0 Å². The van der Waals surface area contributed by atoms with Gasteiger partial charge in [-0.2, -0.15) is 0 Å². The Hall–Kier alpha value is -0.610. The van der Waals surface area contributed by atoms with E-state index in [-0.39, 0.29) is 0 Å². The minimum Gasteiger partial charge on any atom is -0.480 e. The summed E-state index contributed by atoms with van der Waals surface area (Å²) in [6.45, 7) is 5.01. The summed E-state index contributed by atoms with van der Waals surface area (Å²) in [5, 5.41) is 12.2. The fourth-order valence-corrected chi connectivity index (χ4v) is 1.61. The highest BCUT2D eigenvalue weighted by atomic mass is 16.5. The number of carbonyl (C=O) groups is 1. The van der Waals surface area contributed by atoms with E-state index in [0.29, 0.717) is 19.6 Å². The van der Waals surface area contributed by atoms with Crippen LogP contribution in [0.4, 0.5) is 0 Å². The van der Waals surface area contributed by atoms with E-state index in [0.717, 1.165) is 12.8 Å². The van der Waals surface area contributed by atoms with Gasteiger partial charge in [-0.15, -0.1) is 0 Å². The molecule has 0 spiro atoms. The number of carboxylic acid groups (broad SMARTS) is 1. The van der Waals surface area contributed by atoms with Crippen molar-refractivity contribution < 1.29 is 14.6 Å². The first-order valence-electron chi connectivity index (χ1n) is 6.04. The summed E-state index contributed by atoms with van der Waals surface area (Å²) in [6, 6.07) is 0. The zero-order valence-electron chi connectivity index (χ0n) is 10.7. The first kappa shape index (κ1) is 15.4. The number of methoxy groups -OCH3 is 1. The minimum atomic E-state index is -0.813. The van der Waals surface area contributed by atoms with Crippen LogP contribution < -0.4 is 5.32 Å². The van der Waals surface area contributed by atoms with E-state index in [1.165, 1.54) is 12.8 Å². The molecule has 0 bridgehead atoms. The highest BCUT2D eigenvalue weighted by Gasteiger charge is 2.31. The number of aliphatic carboxylic acids is 1. The van der Waals surface area contributed by atoms with Crippen LogP contribution in [0.1, 0.15) is 46.0 Å². The molecule has 0 aromatic rings. The van der Waals surface area contributed by atoms with E-state index in [1.807, 2.05) is 0 Å². The average molecular weight is 231 g/mol. The summed E-state index contributed by atoms with van der Waals surface area (Å²) in [6.07, 6.45) is 5.07. The second-order valence-corrected chi connectivity index (χ2v) is 4.37. The van der Waals surface area contributed by atoms with Gasteiger partial charge in [0.1, 0.15) is 5.54 Å². The van der Waals surface area contributed by atoms with E-state index in [4.69, 9.17) is 4.74 Å². The maximum atomic E-state index is 11.2. The van der Waals surface area contributed by atoms with E-state index < -0.39 is 11.5 Å². The van der Waals surface area contributed by atoms with Crippen LogP contribution in [-0.4, -0.2) is 36.9 Å². The smallest absolute Gasteiger partial charge is 0.323 e.